The summed E-state index contributed by atoms with van der Waals surface area (Å²) in [6.07, 6.45) is 0.603. The van der Waals surface area contributed by atoms with Crippen LogP contribution in [0.25, 0.3) is 0 Å². The monoisotopic (exact) mass is 342 g/mol. The second-order valence-electron chi connectivity index (χ2n) is 8.39. The van der Waals surface area contributed by atoms with Crippen molar-refractivity contribution in [2.24, 2.45) is 0 Å². The number of aliphatic hydroxyl groups is 3. The number of hydrogen-bond acceptors (Lipinski definition) is 3. The van der Waals surface area contributed by atoms with Crippen molar-refractivity contribution in [3.63, 3.8) is 0 Å². The van der Waals surface area contributed by atoms with Gasteiger partial charge < -0.3 is 15.3 Å². The summed E-state index contributed by atoms with van der Waals surface area (Å²) < 4.78 is 0. The first-order chi connectivity index (χ1) is 11.3. The Labute approximate surface area is 151 Å². The zero-order valence-electron chi connectivity index (χ0n) is 16.1. The molecule has 0 bridgehead atoms. The van der Waals surface area contributed by atoms with E-state index < -0.39 is 16.8 Å². The van der Waals surface area contributed by atoms with Gasteiger partial charge in [-0.05, 0) is 87.9 Å². The summed E-state index contributed by atoms with van der Waals surface area (Å²) in [6, 6.07) is 13.7. The third kappa shape index (κ3) is 4.69. The van der Waals surface area contributed by atoms with Gasteiger partial charge in [0.05, 0.1) is 16.8 Å². The molecule has 0 amide bonds. The molecule has 0 aliphatic carbocycles. The van der Waals surface area contributed by atoms with E-state index in [0.717, 1.165) is 22.3 Å². The van der Waals surface area contributed by atoms with Crippen molar-refractivity contribution in [1.82, 2.24) is 0 Å². The number of rotatable bonds is 5. The maximum absolute atomic E-state index is 10.8. The lowest BCUT2D eigenvalue weighted by molar-refractivity contribution is 0.0638. The molecule has 0 saturated heterocycles. The molecule has 0 heterocycles. The second kappa shape index (κ2) is 6.56. The van der Waals surface area contributed by atoms with E-state index in [1.54, 1.807) is 41.5 Å². The van der Waals surface area contributed by atoms with E-state index in [1.165, 1.54) is 0 Å². The Hall–Kier alpha value is -1.68. The Kier molecular flexibility index (Phi) is 5.16. The van der Waals surface area contributed by atoms with Gasteiger partial charge in [-0.2, -0.15) is 0 Å². The molecule has 3 nitrogen and oxygen atoms in total. The molecule has 3 heteroatoms. The van der Waals surface area contributed by atoms with Crippen LogP contribution in [0.5, 0.6) is 0 Å². The van der Waals surface area contributed by atoms with Crippen LogP contribution in [0.4, 0.5) is 0 Å². The summed E-state index contributed by atoms with van der Waals surface area (Å²) >= 11 is 0. The van der Waals surface area contributed by atoms with Crippen molar-refractivity contribution in [3.8, 4) is 0 Å². The molecule has 2 rings (SSSR count). The lowest BCUT2D eigenvalue weighted by Crippen LogP contribution is -2.27. The zero-order valence-corrected chi connectivity index (χ0v) is 16.1. The fourth-order valence-electron chi connectivity index (χ4n) is 3.11. The van der Waals surface area contributed by atoms with Gasteiger partial charge in [0.25, 0.3) is 0 Å². The van der Waals surface area contributed by atoms with E-state index in [2.05, 4.69) is 0 Å². The quantitative estimate of drug-likeness (QED) is 0.771. The van der Waals surface area contributed by atoms with Crippen molar-refractivity contribution in [2.75, 3.05) is 0 Å². The van der Waals surface area contributed by atoms with Gasteiger partial charge in [-0.1, -0.05) is 30.3 Å². The van der Waals surface area contributed by atoms with E-state index >= 15 is 0 Å². The molecule has 3 N–H and O–H groups in total. The Balaban J connectivity index is 2.77. The molecule has 0 radical (unpaired) electrons. The summed E-state index contributed by atoms with van der Waals surface area (Å²) in [6.45, 7) is 10.4. The Morgan fingerprint density at radius 2 is 1.12 bits per heavy atom. The van der Waals surface area contributed by atoms with Crippen molar-refractivity contribution >= 4 is 0 Å². The predicted molar refractivity (Wildman–Crippen MR) is 101 cm³/mol. The molecule has 0 aliphatic heterocycles. The predicted octanol–water partition coefficient (Wildman–Crippen LogP) is 3.96. The van der Waals surface area contributed by atoms with Crippen LogP contribution in [0.1, 0.15) is 69.4 Å². The molecule has 2 aromatic carbocycles. The summed E-state index contributed by atoms with van der Waals surface area (Å²) in [5.41, 5.74) is 0.899. The molecule has 0 aromatic heterocycles. The van der Waals surface area contributed by atoms with Gasteiger partial charge in [-0.25, -0.2) is 0 Å². The van der Waals surface area contributed by atoms with E-state index in [-0.39, 0.29) is 0 Å². The normalized spacial score (nSPS) is 13.2. The molecule has 0 saturated carbocycles. The summed E-state index contributed by atoms with van der Waals surface area (Å²) in [7, 11) is 0. The van der Waals surface area contributed by atoms with Crippen molar-refractivity contribution < 1.29 is 15.3 Å². The molecular formula is C22H30O3. The Morgan fingerprint density at radius 3 is 1.48 bits per heavy atom. The van der Waals surface area contributed by atoms with E-state index in [9.17, 15) is 15.3 Å². The van der Waals surface area contributed by atoms with E-state index in [4.69, 9.17) is 0 Å². The first-order valence-electron chi connectivity index (χ1n) is 8.69. The van der Waals surface area contributed by atoms with Gasteiger partial charge in [0.1, 0.15) is 0 Å². The van der Waals surface area contributed by atoms with E-state index in [1.807, 2.05) is 42.5 Å². The highest BCUT2D eigenvalue weighted by atomic mass is 16.3. The largest absolute Gasteiger partial charge is 0.386 e. The molecule has 0 spiro atoms. The highest BCUT2D eigenvalue weighted by molar-refractivity contribution is 5.48. The lowest BCUT2D eigenvalue weighted by atomic mass is 9.79. The second-order valence-corrected chi connectivity index (χ2v) is 8.39. The minimum atomic E-state index is -1.09. The van der Waals surface area contributed by atoms with Crippen LogP contribution < -0.4 is 0 Å². The molecule has 136 valence electrons. The van der Waals surface area contributed by atoms with Crippen molar-refractivity contribution in [3.05, 3.63) is 70.3 Å². The fourth-order valence-corrected chi connectivity index (χ4v) is 3.11. The van der Waals surface area contributed by atoms with Crippen LogP contribution >= 0.6 is 0 Å². The van der Waals surface area contributed by atoms with Crippen molar-refractivity contribution in [2.45, 2.75) is 64.8 Å². The van der Waals surface area contributed by atoms with Gasteiger partial charge in [-0.3, -0.25) is 0 Å². The van der Waals surface area contributed by atoms with Crippen LogP contribution in [0.3, 0.4) is 0 Å². The lowest BCUT2D eigenvalue weighted by Gasteiger charge is -2.32. The molecular weight excluding hydrogens is 312 g/mol. The minimum Gasteiger partial charge on any atom is -0.386 e. The van der Waals surface area contributed by atoms with Crippen LogP contribution in [0, 0.1) is 0 Å². The highest BCUT2D eigenvalue weighted by Gasteiger charge is 2.31. The molecule has 2 aromatic rings. The maximum Gasteiger partial charge on any atom is 0.0843 e. The topological polar surface area (TPSA) is 60.7 Å². The third-order valence-corrected chi connectivity index (χ3v) is 4.50. The molecule has 0 unspecified atom stereocenters. The van der Waals surface area contributed by atoms with Crippen LogP contribution in [-0.4, -0.2) is 15.3 Å². The van der Waals surface area contributed by atoms with Gasteiger partial charge in [0.15, 0.2) is 0 Å². The fraction of sp³-hybridized carbons (Fsp3) is 0.455. The molecule has 0 atom stereocenters. The minimum absolute atomic E-state index is 0.603. The van der Waals surface area contributed by atoms with Gasteiger partial charge in [0, 0.05) is 0 Å². The van der Waals surface area contributed by atoms with Crippen LogP contribution in [-0.2, 0) is 23.2 Å². The summed E-state index contributed by atoms with van der Waals surface area (Å²) in [4.78, 5) is 0. The third-order valence-electron chi connectivity index (χ3n) is 4.50. The van der Waals surface area contributed by atoms with Crippen LogP contribution in [0.2, 0.25) is 0 Å². The molecule has 0 aliphatic rings. The maximum atomic E-state index is 10.8. The van der Waals surface area contributed by atoms with Gasteiger partial charge in [0.2, 0.25) is 0 Å². The smallest absolute Gasteiger partial charge is 0.0843 e. The van der Waals surface area contributed by atoms with Gasteiger partial charge >= 0.3 is 0 Å². The Morgan fingerprint density at radius 1 is 0.680 bits per heavy atom. The summed E-state index contributed by atoms with van der Waals surface area (Å²) in [5, 5.41) is 32.0. The standard InChI is InChI=1S/C22H30O3/c1-20(2,23)16-13-18(21(3,4)24)17(19(14-16)22(5,6)25)12-15-10-8-7-9-11-15/h7-11,13-14,23-25H,12H2,1-6H3. The van der Waals surface area contributed by atoms with Crippen LogP contribution in [0.15, 0.2) is 42.5 Å². The SMILES string of the molecule is CC(C)(O)c1cc(C(C)(C)O)c(Cc2ccccc2)c(C(C)(C)O)c1. The average Bonchev–Trinajstić information content (AvgIpc) is 2.45. The van der Waals surface area contributed by atoms with Gasteiger partial charge in [-0.15, -0.1) is 0 Å². The number of benzene rings is 2. The van der Waals surface area contributed by atoms with E-state index in [0.29, 0.717) is 12.0 Å². The Bertz CT molecular complexity index is 692. The highest BCUT2D eigenvalue weighted by Crippen LogP contribution is 2.37. The molecule has 25 heavy (non-hydrogen) atoms. The number of hydrogen-bond donors (Lipinski definition) is 3. The first-order valence-corrected chi connectivity index (χ1v) is 8.69. The summed E-state index contributed by atoms with van der Waals surface area (Å²) in [5.74, 6) is 0. The first kappa shape index (κ1) is 19.6. The zero-order chi connectivity index (χ0) is 19.0. The average molecular weight is 342 g/mol. The van der Waals surface area contributed by atoms with Crippen molar-refractivity contribution in [1.29, 1.82) is 0 Å². The molecule has 0 fully saturated rings.